The highest BCUT2D eigenvalue weighted by Crippen LogP contribution is 2.41. The molecule has 1 atom stereocenters. The molecular formula is C21H26N2O4. The van der Waals surface area contributed by atoms with Crippen molar-refractivity contribution in [1.82, 2.24) is 9.47 Å². The molecule has 0 saturated carbocycles. The van der Waals surface area contributed by atoms with Crippen LogP contribution in [0.5, 0.6) is 0 Å². The van der Waals surface area contributed by atoms with Gasteiger partial charge in [-0.25, -0.2) is 0 Å². The van der Waals surface area contributed by atoms with Crippen molar-refractivity contribution in [3.63, 3.8) is 0 Å². The maximum Gasteiger partial charge on any atom is 0.290 e. The third-order valence-electron chi connectivity index (χ3n) is 5.06. The number of aromatic nitrogens is 1. The van der Waals surface area contributed by atoms with Gasteiger partial charge in [-0.2, -0.15) is 0 Å². The van der Waals surface area contributed by atoms with E-state index >= 15 is 0 Å². The second kappa shape index (κ2) is 7.56. The summed E-state index contributed by atoms with van der Waals surface area (Å²) < 4.78 is 7.09. The lowest BCUT2D eigenvalue weighted by molar-refractivity contribution is -0.129. The Morgan fingerprint density at radius 1 is 1.30 bits per heavy atom. The Bertz CT molecular complexity index is 910. The van der Waals surface area contributed by atoms with Crippen LogP contribution in [0.3, 0.4) is 0 Å². The molecule has 6 heteroatoms. The van der Waals surface area contributed by atoms with Gasteiger partial charge in [0.2, 0.25) is 0 Å². The molecule has 3 rings (SSSR count). The summed E-state index contributed by atoms with van der Waals surface area (Å²) in [6, 6.07) is 7.28. The molecule has 1 unspecified atom stereocenters. The van der Waals surface area contributed by atoms with Crippen molar-refractivity contribution in [2.45, 2.75) is 26.3 Å². The molecule has 0 saturated heterocycles. The van der Waals surface area contributed by atoms with Crippen molar-refractivity contribution in [3.05, 3.63) is 47.4 Å². The highest BCUT2D eigenvalue weighted by molar-refractivity contribution is 6.10. The van der Waals surface area contributed by atoms with Crippen molar-refractivity contribution < 1.29 is 19.4 Å². The molecule has 1 aliphatic rings. The maximum absolute atomic E-state index is 12.9. The van der Waals surface area contributed by atoms with Gasteiger partial charge in [-0.1, -0.05) is 32.0 Å². The molecule has 2 aromatic rings. The minimum absolute atomic E-state index is 0.198. The summed E-state index contributed by atoms with van der Waals surface area (Å²) in [5.74, 6) is -1.43. The predicted octanol–water partition coefficient (Wildman–Crippen LogP) is 3.14. The van der Waals surface area contributed by atoms with Gasteiger partial charge in [-0.15, -0.1) is 0 Å². The lowest BCUT2D eigenvalue weighted by atomic mass is 9.91. The molecule has 27 heavy (non-hydrogen) atoms. The maximum atomic E-state index is 12.9. The fraction of sp³-hybridized carbons (Fsp3) is 0.429. The van der Waals surface area contributed by atoms with Gasteiger partial charge >= 0.3 is 0 Å². The number of methoxy groups -OCH3 is 1. The second-order valence-corrected chi connectivity index (χ2v) is 7.24. The number of fused-ring (bicyclic) bond motifs is 1. The van der Waals surface area contributed by atoms with E-state index in [0.29, 0.717) is 19.6 Å². The van der Waals surface area contributed by atoms with Gasteiger partial charge in [-0.3, -0.25) is 9.59 Å². The Morgan fingerprint density at radius 3 is 2.67 bits per heavy atom. The summed E-state index contributed by atoms with van der Waals surface area (Å²) in [5, 5.41) is 11.5. The van der Waals surface area contributed by atoms with Crippen molar-refractivity contribution in [2.75, 3.05) is 20.3 Å². The zero-order valence-electron chi connectivity index (χ0n) is 16.2. The van der Waals surface area contributed by atoms with Gasteiger partial charge in [0, 0.05) is 55.9 Å². The number of aryl methyl sites for hydroxylation is 1. The lowest BCUT2D eigenvalue weighted by Crippen LogP contribution is -2.33. The number of aliphatic hydroxyl groups is 1. The Kier molecular flexibility index (Phi) is 5.37. The van der Waals surface area contributed by atoms with Gasteiger partial charge in [0.15, 0.2) is 11.5 Å². The van der Waals surface area contributed by atoms with Crippen LogP contribution in [0.2, 0.25) is 0 Å². The fourth-order valence-corrected chi connectivity index (χ4v) is 3.74. The lowest BCUT2D eigenvalue weighted by Gasteiger charge is -2.26. The summed E-state index contributed by atoms with van der Waals surface area (Å²) in [7, 11) is 3.54. The molecule has 1 aromatic heterocycles. The number of rotatable bonds is 7. The van der Waals surface area contributed by atoms with E-state index in [2.05, 4.69) is 0 Å². The highest BCUT2D eigenvalue weighted by atomic mass is 16.5. The number of ketones is 1. The van der Waals surface area contributed by atoms with Crippen LogP contribution in [0.4, 0.5) is 0 Å². The van der Waals surface area contributed by atoms with Crippen molar-refractivity contribution in [3.8, 4) is 0 Å². The quantitative estimate of drug-likeness (QED) is 0.760. The summed E-state index contributed by atoms with van der Waals surface area (Å²) in [5.41, 5.74) is 2.07. The van der Waals surface area contributed by atoms with E-state index in [0.717, 1.165) is 16.5 Å². The van der Waals surface area contributed by atoms with Crippen LogP contribution < -0.4 is 0 Å². The molecule has 0 fully saturated rings. The zero-order valence-corrected chi connectivity index (χ0v) is 16.2. The Balaban J connectivity index is 2.15. The normalized spacial score (nSPS) is 17.6. The second-order valence-electron chi connectivity index (χ2n) is 7.24. The van der Waals surface area contributed by atoms with E-state index in [1.54, 1.807) is 25.9 Å². The number of para-hydroxylation sites is 1. The molecule has 0 radical (unpaired) electrons. The van der Waals surface area contributed by atoms with Crippen LogP contribution in [0, 0.1) is 5.92 Å². The highest BCUT2D eigenvalue weighted by Gasteiger charge is 2.44. The molecule has 1 N–H and O–H groups in total. The number of aliphatic hydroxyl groups excluding tert-OH is 1. The Labute approximate surface area is 159 Å². The number of Topliss-reactive ketones (excluding diaryl/α,β-unsaturated/α-hetero) is 1. The first-order valence-corrected chi connectivity index (χ1v) is 9.19. The average molecular weight is 370 g/mol. The first-order chi connectivity index (χ1) is 12.9. The van der Waals surface area contributed by atoms with Gasteiger partial charge in [-0.05, 0) is 12.5 Å². The smallest absolute Gasteiger partial charge is 0.290 e. The van der Waals surface area contributed by atoms with Gasteiger partial charge in [0.25, 0.3) is 5.91 Å². The van der Waals surface area contributed by atoms with Gasteiger partial charge in [0.1, 0.15) is 0 Å². The SMILES string of the molecule is COCCCN1C(=O)C(O)=C(C(=O)C(C)C)C1c1cn(C)c2ccccc12. The molecule has 6 nitrogen and oxygen atoms in total. The first kappa shape index (κ1) is 19.2. The van der Waals surface area contributed by atoms with Crippen LogP contribution in [0.25, 0.3) is 10.9 Å². The van der Waals surface area contributed by atoms with Gasteiger partial charge in [0.05, 0.1) is 11.6 Å². The number of benzene rings is 1. The van der Waals surface area contributed by atoms with Crippen LogP contribution >= 0.6 is 0 Å². The number of carbonyl (C=O) groups excluding carboxylic acids is 2. The van der Waals surface area contributed by atoms with E-state index in [9.17, 15) is 14.7 Å². The molecule has 2 heterocycles. The summed E-state index contributed by atoms with van der Waals surface area (Å²) >= 11 is 0. The molecule has 0 bridgehead atoms. The minimum Gasteiger partial charge on any atom is -0.503 e. The van der Waals surface area contributed by atoms with Crippen molar-refractivity contribution in [2.24, 2.45) is 13.0 Å². The monoisotopic (exact) mass is 370 g/mol. The Hall–Kier alpha value is -2.60. The van der Waals surface area contributed by atoms with E-state index in [1.165, 1.54) is 0 Å². The first-order valence-electron chi connectivity index (χ1n) is 9.19. The molecule has 1 amide bonds. The summed E-state index contributed by atoms with van der Waals surface area (Å²) in [6.45, 7) is 4.46. The molecular weight excluding hydrogens is 344 g/mol. The molecule has 0 spiro atoms. The van der Waals surface area contributed by atoms with E-state index in [1.807, 2.05) is 42.1 Å². The zero-order chi connectivity index (χ0) is 19.7. The fourth-order valence-electron chi connectivity index (χ4n) is 3.74. The standard InChI is InChI=1S/C21H26N2O4/c1-13(2)19(24)17-18(23(10-7-11-27-4)21(26)20(17)25)15-12-22(3)16-9-6-5-8-14(15)16/h5-6,8-9,12-13,18,25H,7,10-11H2,1-4H3. The van der Waals surface area contributed by atoms with Crippen LogP contribution in [0.1, 0.15) is 31.9 Å². The average Bonchev–Trinajstić information content (AvgIpc) is 3.10. The molecule has 1 aromatic carbocycles. The minimum atomic E-state index is -0.588. The number of amides is 1. The molecule has 0 aliphatic carbocycles. The molecule has 1 aliphatic heterocycles. The number of carbonyl (C=O) groups is 2. The van der Waals surface area contributed by atoms with Crippen LogP contribution in [-0.4, -0.2) is 46.5 Å². The van der Waals surface area contributed by atoms with E-state index < -0.39 is 17.7 Å². The van der Waals surface area contributed by atoms with Crippen molar-refractivity contribution in [1.29, 1.82) is 0 Å². The van der Waals surface area contributed by atoms with Crippen LogP contribution in [0.15, 0.2) is 41.8 Å². The number of ether oxygens (including phenoxy) is 1. The van der Waals surface area contributed by atoms with E-state index in [-0.39, 0.29) is 17.3 Å². The number of nitrogens with zero attached hydrogens (tertiary/aromatic N) is 2. The van der Waals surface area contributed by atoms with Gasteiger partial charge < -0.3 is 19.3 Å². The summed E-state index contributed by atoms with van der Waals surface area (Å²) in [4.78, 5) is 27.2. The van der Waals surface area contributed by atoms with Crippen LogP contribution in [-0.2, 0) is 21.4 Å². The van der Waals surface area contributed by atoms with Crippen molar-refractivity contribution >= 4 is 22.6 Å². The predicted molar refractivity (Wildman–Crippen MR) is 103 cm³/mol. The number of hydrogen-bond acceptors (Lipinski definition) is 4. The number of hydrogen-bond donors (Lipinski definition) is 1. The Morgan fingerprint density at radius 2 is 2.00 bits per heavy atom. The summed E-state index contributed by atoms with van der Waals surface area (Å²) in [6.07, 6.45) is 2.57. The topological polar surface area (TPSA) is 71.8 Å². The third kappa shape index (κ3) is 3.25. The molecule has 144 valence electrons. The van der Waals surface area contributed by atoms with E-state index in [4.69, 9.17) is 4.74 Å². The largest absolute Gasteiger partial charge is 0.503 e. The third-order valence-corrected chi connectivity index (χ3v) is 5.06.